The number of hydrogen-bond donors (Lipinski definition) is 0. The van der Waals surface area contributed by atoms with E-state index < -0.39 is 0 Å². The fourth-order valence-corrected chi connectivity index (χ4v) is 5.87. The van der Waals surface area contributed by atoms with Crippen molar-refractivity contribution in [2.24, 2.45) is 0 Å². The summed E-state index contributed by atoms with van der Waals surface area (Å²) in [7, 11) is 0. The molecule has 0 radical (unpaired) electrons. The van der Waals surface area contributed by atoms with E-state index in [0.717, 1.165) is 0 Å². The molecule has 0 N–H and O–H groups in total. The third-order valence-corrected chi connectivity index (χ3v) is 7.67. The van der Waals surface area contributed by atoms with E-state index in [2.05, 4.69) is 163 Å². The number of hydrogen-bond acceptors (Lipinski definition) is 0. The van der Waals surface area contributed by atoms with Gasteiger partial charge in [0.2, 0.25) is 0 Å². The molecule has 0 nitrogen and oxygen atoms in total. The highest BCUT2D eigenvalue weighted by Gasteiger charge is 2.25. The van der Waals surface area contributed by atoms with Crippen LogP contribution in [0.1, 0.15) is 50.8 Å². The van der Waals surface area contributed by atoms with E-state index in [1.165, 1.54) is 42.5 Å². The molecule has 0 saturated carbocycles. The van der Waals surface area contributed by atoms with Crippen molar-refractivity contribution < 1.29 is 0 Å². The highest BCUT2D eigenvalue weighted by molar-refractivity contribution is 14.1. The quantitative estimate of drug-likeness (QED) is 0.146. The van der Waals surface area contributed by atoms with Crippen molar-refractivity contribution in [2.45, 2.75) is 18.8 Å². The molecule has 0 atom stereocenters. The van der Waals surface area contributed by atoms with Crippen LogP contribution in [0.25, 0.3) is 0 Å². The van der Waals surface area contributed by atoms with E-state index in [1.54, 1.807) is 0 Å². The zero-order chi connectivity index (χ0) is 23.3. The minimum Gasteiger partial charge on any atom is -0.0622 e. The Bertz CT molecular complexity index is 1160. The Hall–Kier alpha value is -3.17. The molecule has 0 spiro atoms. The maximum Gasteiger partial charge on any atom is 0.0350 e. The largest absolute Gasteiger partial charge is 0.0622 e. The predicted molar refractivity (Wildman–Crippen MR) is 152 cm³/mol. The van der Waals surface area contributed by atoms with Gasteiger partial charge in [-0.2, -0.15) is 0 Å². The molecule has 0 aromatic heterocycles. The molecule has 0 bridgehead atoms. The zero-order valence-corrected chi connectivity index (χ0v) is 21.4. The van der Waals surface area contributed by atoms with Gasteiger partial charge in [0.05, 0.1) is 0 Å². The maximum absolute atomic E-state index is 2.60. The molecule has 0 heterocycles. The van der Waals surface area contributed by atoms with Crippen molar-refractivity contribution in [3.63, 3.8) is 0 Å². The maximum atomic E-state index is 2.60. The van der Waals surface area contributed by atoms with Gasteiger partial charge in [-0.1, -0.05) is 139 Å². The summed E-state index contributed by atoms with van der Waals surface area (Å²) in [5.41, 5.74) is 9.30. The van der Waals surface area contributed by atoms with Crippen LogP contribution in [-0.4, -0.2) is 0 Å². The van der Waals surface area contributed by atoms with Crippen molar-refractivity contribution >= 4 is 22.6 Å². The van der Waals surface area contributed by atoms with Crippen molar-refractivity contribution in [2.75, 3.05) is 0 Å². The highest BCUT2D eigenvalue weighted by Crippen LogP contribution is 2.41. The Morgan fingerprint density at radius 2 is 0.706 bits per heavy atom. The zero-order valence-electron chi connectivity index (χ0n) is 19.2. The minimum atomic E-state index is 0.181. The molecule has 5 rings (SSSR count). The Morgan fingerprint density at radius 1 is 0.441 bits per heavy atom. The standard InChI is InChI=1S/C33H27I/c1-24-22-29(31(25-14-6-2-7-15-25)26-16-8-3-9-17-26)33(34)30(23-24)32(27-18-10-4-11-19-27)28-20-12-5-13-21-28/h2-23,31-32H,1H3. The number of aryl methyl sites for hydroxylation is 1. The molecule has 0 unspecified atom stereocenters. The second-order valence-corrected chi connectivity index (χ2v) is 9.84. The first kappa shape index (κ1) is 22.6. The smallest absolute Gasteiger partial charge is 0.0350 e. The molecule has 5 aromatic carbocycles. The fourth-order valence-electron chi connectivity index (χ4n) is 4.93. The van der Waals surface area contributed by atoms with Gasteiger partial charge in [-0.15, -0.1) is 0 Å². The van der Waals surface area contributed by atoms with E-state index in [4.69, 9.17) is 0 Å². The Balaban J connectivity index is 1.75. The van der Waals surface area contributed by atoms with Crippen LogP contribution < -0.4 is 0 Å². The van der Waals surface area contributed by atoms with Gasteiger partial charge >= 0.3 is 0 Å². The van der Waals surface area contributed by atoms with Crippen LogP contribution in [0, 0.1) is 10.5 Å². The topological polar surface area (TPSA) is 0 Å². The number of halogens is 1. The van der Waals surface area contributed by atoms with Gasteiger partial charge in [0, 0.05) is 15.4 Å². The average molecular weight is 550 g/mol. The average Bonchev–Trinajstić information content (AvgIpc) is 2.89. The van der Waals surface area contributed by atoms with Gasteiger partial charge in [-0.05, 0) is 62.9 Å². The summed E-state index contributed by atoms with van der Waals surface area (Å²) >= 11 is 2.60. The summed E-state index contributed by atoms with van der Waals surface area (Å²) in [6, 6.07) is 48.3. The molecular formula is C33H27I. The molecule has 0 fully saturated rings. The molecule has 0 aliphatic carbocycles. The van der Waals surface area contributed by atoms with Gasteiger partial charge in [-0.25, -0.2) is 0 Å². The van der Waals surface area contributed by atoms with Crippen LogP contribution in [0.15, 0.2) is 133 Å². The lowest BCUT2D eigenvalue weighted by Crippen LogP contribution is -2.11. The molecule has 1 heteroatoms. The Labute approximate surface area is 216 Å². The monoisotopic (exact) mass is 550 g/mol. The molecular weight excluding hydrogens is 523 g/mol. The molecule has 5 aromatic rings. The highest BCUT2D eigenvalue weighted by atomic mass is 127. The summed E-state index contributed by atoms with van der Waals surface area (Å²) in [6.07, 6.45) is 0. The lowest BCUT2D eigenvalue weighted by Gasteiger charge is -2.26. The number of benzene rings is 5. The van der Waals surface area contributed by atoms with Crippen molar-refractivity contribution in [3.8, 4) is 0 Å². The first-order valence-electron chi connectivity index (χ1n) is 11.7. The molecule has 166 valence electrons. The van der Waals surface area contributed by atoms with Gasteiger partial charge in [0.25, 0.3) is 0 Å². The van der Waals surface area contributed by atoms with E-state index in [1.807, 2.05) is 0 Å². The summed E-state index contributed by atoms with van der Waals surface area (Å²) < 4.78 is 1.33. The summed E-state index contributed by atoms with van der Waals surface area (Å²) in [5.74, 6) is 0.361. The van der Waals surface area contributed by atoms with Crippen LogP contribution >= 0.6 is 22.6 Å². The first-order chi connectivity index (χ1) is 16.7. The van der Waals surface area contributed by atoms with Crippen LogP contribution in [0.3, 0.4) is 0 Å². The lowest BCUT2D eigenvalue weighted by atomic mass is 9.80. The van der Waals surface area contributed by atoms with Crippen LogP contribution in [-0.2, 0) is 0 Å². The minimum absolute atomic E-state index is 0.181. The molecule has 0 amide bonds. The predicted octanol–water partition coefficient (Wildman–Crippen LogP) is 8.96. The fraction of sp³-hybridized carbons (Fsp3) is 0.0909. The molecule has 0 saturated heterocycles. The van der Waals surface area contributed by atoms with Gasteiger partial charge in [0.15, 0.2) is 0 Å². The molecule has 0 aliphatic heterocycles. The SMILES string of the molecule is Cc1cc(C(c2ccccc2)c2ccccc2)c(I)c(C(c2ccccc2)c2ccccc2)c1. The van der Waals surface area contributed by atoms with Crippen LogP contribution in [0.4, 0.5) is 0 Å². The second kappa shape index (κ2) is 10.4. The summed E-state index contributed by atoms with van der Waals surface area (Å²) in [6.45, 7) is 2.23. The van der Waals surface area contributed by atoms with Crippen molar-refractivity contribution in [3.05, 3.63) is 176 Å². The van der Waals surface area contributed by atoms with Crippen molar-refractivity contribution in [1.82, 2.24) is 0 Å². The first-order valence-corrected chi connectivity index (χ1v) is 12.8. The third kappa shape index (κ3) is 4.71. The van der Waals surface area contributed by atoms with E-state index >= 15 is 0 Å². The van der Waals surface area contributed by atoms with E-state index in [9.17, 15) is 0 Å². The van der Waals surface area contributed by atoms with Gasteiger partial charge in [0.1, 0.15) is 0 Å². The summed E-state index contributed by atoms with van der Waals surface area (Å²) in [4.78, 5) is 0. The Kier molecular flexibility index (Phi) is 6.92. The Morgan fingerprint density at radius 3 is 0.971 bits per heavy atom. The lowest BCUT2D eigenvalue weighted by molar-refractivity contribution is 0.921. The number of rotatable bonds is 6. The van der Waals surface area contributed by atoms with Gasteiger partial charge < -0.3 is 0 Å². The molecule has 0 aliphatic rings. The third-order valence-electron chi connectivity index (χ3n) is 6.43. The summed E-state index contributed by atoms with van der Waals surface area (Å²) in [5, 5.41) is 0. The van der Waals surface area contributed by atoms with Crippen molar-refractivity contribution in [1.29, 1.82) is 0 Å². The van der Waals surface area contributed by atoms with Gasteiger partial charge in [-0.3, -0.25) is 0 Å². The second-order valence-electron chi connectivity index (χ2n) is 8.77. The molecule has 34 heavy (non-hydrogen) atoms. The normalized spacial score (nSPS) is 11.2. The van der Waals surface area contributed by atoms with E-state index in [-0.39, 0.29) is 11.8 Å². The van der Waals surface area contributed by atoms with Crippen LogP contribution in [0.2, 0.25) is 0 Å². The van der Waals surface area contributed by atoms with E-state index in [0.29, 0.717) is 0 Å². The van der Waals surface area contributed by atoms with Crippen LogP contribution in [0.5, 0.6) is 0 Å².